The van der Waals surface area contributed by atoms with Gasteiger partial charge in [-0.15, -0.1) is 58.8 Å². The van der Waals surface area contributed by atoms with Crippen molar-refractivity contribution in [3.05, 3.63) is 306 Å². The molecule has 0 saturated carbocycles. The molecule has 41 heteroatoms. The summed E-state index contributed by atoms with van der Waals surface area (Å²) in [7, 11) is -19.1. The van der Waals surface area contributed by atoms with E-state index in [1.807, 2.05) is 54.6 Å². The van der Waals surface area contributed by atoms with E-state index in [4.69, 9.17) is 20.4 Å². The zero-order chi connectivity index (χ0) is 98.8. The fraction of sp³-hybridized carbons (Fsp3) is 0.0729. The molecule has 137 heavy (non-hydrogen) atoms. The van der Waals surface area contributed by atoms with Gasteiger partial charge < -0.3 is 46.0 Å². The van der Waals surface area contributed by atoms with Crippen molar-refractivity contribution in [2.24, 2.45) is 0 Å². The number of benzene rings is 16. The highest BCUT2D eigenvalue weighted by molar-refractivity contribution is 9.10. The van der Waals surface area contributed by atoms with Crippen molar-refractivity contribution in [3.63, 3.8) is 0 Å². The minimum atomic E-state index is -4.00. The predicted octanol–water partition coefficient (Wildman–Crippen LogP) is 21.0. The summed E-state index contributed by atoms with van der Waals surface area (Å²) < 4.78 is 141. The number of hydrogen-bond acceptors (Lipinski definition) is 25. The molecule has 0 amide bonds. The highest BCUT2D eigenvalue weighted by Gasteiger charge is 2.28. The lowest BCUT2D eigenvalue weighted by Crippen LogP contribution is -2.14. The molecular formula is C96H79Br2N5O24S10. The number of halogens is 2. The minimum absolute atomic E-state index is 0.0284. The lowest BCUT2D eigenvalue weighted by molar-refractivity contribution is -0.134. The van der Waals surface area contributed by atoms with E-state index in [0.29, 0.717) is 89.5 Å². The number of aliphatic carboxylic acids is 4. The van der Waals surface area contributed by atoms with Crippen LogP contribution in [0.5, 0.6) is 28.7 Å². The topological polar surface area (TPSA) is 498 Å². The molecule has 0 aliphatic heterocycles. The van der Waals surface area contributed by atoms with E-state index in [9.17, 15) is 91.6 Å². The van der Waals surface area contributed by atoms with Crippen molar-refractivity contribution in [1.82, 2.24) is 0 Å². The molecule has 0 aliphatic carbocycles. The van der Waals surface area contributed by atoms with Crippen LogP contribution in [0.2, 0.25) is 0 Å². The maximum atomic E-state index is 13.4. The molecule has 0 heterocycles. The number of carboxylic acids is 4. The molecule has 14 N–H and O–H groups in total. The number of hydrogen-bond donors (Lipinski definition) is 14. The molecule has 16 aromatic rings. The SMILES string of the molecule is CC(=O)CSc1cc(NS(=O)(=O)c2ccccc2Br)c2ccccc2c1O.CS(=O)(=O)Nc1cc(SCC(=O)O)c(O)c2ccccc12.O=C(O)CSc1cc(NS(=O)(=O)c2ccc3ccccc3c2)c2ccccc2c1O.O=C(O)CSc1cc(NS(=O)(=O)c2cccc(Br)c2)c2ccccc2c1O.O=C(O)CSc1cc(NS(=O)(=O)c2ccccc2-c2ccccc2)c2ccccc2c1O. The van der Waals surface area contributed by atoms with Gasteiger partial charge in [-0.2, -0.15) is 0 Å². The van der Waals surface area contributed by atoms with E-state index in [0.717, 1.165) is 69.6 Å². The second-order valence-electron chi connectivity index (χ2n) is 29.4. The van der Waals surface area contributed by atoms with E-state index in [1.54, 1.807) is 188 Å². The van der Waals surface area contributed by atoms with Gasteiger partial charge in [0.05, 0.1) is 103 Å². The van der Waals surface area contributed by atoms with Gasteiger partial charge in [0, 0.05) is 68.4 Å². The van der Waals surface area contributed by atoms with Gasteiger partial charge in [-0.3, -0.25) is 47.6 Å². The second kappa shape index (κ2) is 45.4. The lowest BCUT2D eigenvalue weighted by atomic mass is 10.1. The van der Waals surface area contributed by atoms with Gasteiger partial charge in [0.1, 0.15) is 39.4 Å². The third-order valence-electron chi connectivity index (χ3n) is 19.5. The van der Waals surface area contributed by atoms with Crippen LogP contribution in [0.15, 0.2) is 350 Å². The highest BCUT2D eigenvalue weighted by Crippen LogP contribution is 2.47. The van der Waals surface area contributed by atoms with Crippen molar-refractivity contribution in [2.45, 2.75) is 51.0 Å². The number of carbonyl (C=O) groups excluding carboxylic acids is 1. The summed E-state index contributed by atoms with van der Waals surface area (Å²) in [5.74, 6) is -5.29. The molecule has 0 bridgehead atoms. The Balaban J connectivity index is 0.000000155. The van der Waals surface area contributed by atoms with Crippen molar-refractivity contribution in [2.75, 3.05) is 58.6 Å². The Bertz CT molecular complexity index is 8000. The Hall–Kier alpha value is -12.9. The first kappa shape index (κ1) is 103. The monoisotopic (exact) mass is 2160 g/mol. The third-order valence-corrected chi connectivity index (χ3v) is 32.4. The standard InChI is InChI=1S/C24H19NO5S2.C22H17NO5S2.C19H16BrNO4S2.C18H14BrNO5S2.C13H13NO5S2/c26-23(27)15-31-21-14-20(18-11-4-5-12-19(18)24(21)28)25-32(29,30)22-13-7-6-10-17(22)16-8-2-1-3-9-16;24-21(25)13-29-20-12-19(17-7-3-4-8-18(17)22(20)26)23-30(27,28)16-10-9-14-5-1-2-6-15(14)11-16;1-12(22)11-26-17-10-16(13-6-2-3-7-14(13)19(17)23)21-27(24,25)18-9-5-4-8-15(18)20;19-11-4-3-5-12(8-11)27(24,25)20-15-9-16(26-10-17(21)22)18(23)14-7-2-1-6-13(14)15;1-21(18,19)14-10-6-11(20-7-12(15)16)13(17)9-5-3-2-4-8(9)10/h1-14,25,28H,15H2,(H,26,27);1-12,23,26H,13H2,(H,24,25);2-10,21,23H,11H2,1H3;1-9,20,23H,10H2,(H,21,22);2-6,14,17H,7H2,1H3,(H,15,16). The number of carboxylic acid groups (broad SMARTS) is 4. The number of carbonyl (C=O) groups is 5. The van der Waals surface area contributed by atoms with E-state index < -0.39 is 74.0 Å². The summed E-state index contributed by atoms with van der Waals surface area (Å²) in [6.45, 7) is 1.46. The molecule has 0 atom stereocenters. The molecule has 0 unspecified atom stereocenters. The Kier molecular flexibility index (Phi) is 34.1. The number of Topliss-reactive ketones (excluding diaryl/α,β-unsaturated/α-hetero) is 1. The van der Waals surface area contributed by atoms with E-state index in [1.165, 1.54) is 73.3 Å². The van der Waals surface area contributed by atoms with Crippen molar-refractivity contribution >= 4 is 264 Å². The molecule has 0 spiro atoms. The van der Waals surface area contributed by atoms with Crippen LogP contribution in [0.3, 0.4) is 0 Å². The number of aromatic hydroxyl groups is 5. The molecular weight excluding hydrogens is 2090 g/mol. The number of ketones is 1. The molecule has 0 radical (unpaired) electrons. The van der Waals surface area contributed by atoms with Gasteiger partial charge in [0.25, 0.3) is 40.1 Å². The second-order valence-corrected chi connectivity index (χ2v) is 44.6. The normalized spacial score (nSPS) is 11.5. The van der Waals surface area contributed by atoms with Crippen molar-refractivity contribution in [3.8, 4) is 39.9 Å². The lowest BCUT2D eigenvalue weighted by Gasteiger charge is -2.16. The number of sulfonamides is 5. The molecule has 0 aromatic heterocycles. The molecule has 0 aliphatic rings. The fourth-order valence-corrected chi connectivity index (χ4v) is 24.0. The highest BCUT2D eigenvalue weighted by atomic mass is 79.9. The van der Waals surface area contributed by atoms with Crippen LogP contribution in [-0.2, 0) is 74.1 Å². The smallest absolute Gasteiger partial charge is 0.313 e. The molecule has 29 nitrogen and oxygen atoms in total. The van der Waals surface area contributed by atoms with Gasteiger partial charge in [-0.05, 0) is 118 Å². The quantitative estimate of drug-likeness (QED) is 0.0147. The summed E-state index contributed by atoms with van der Waals surface area (Å²) in [5.41, 5.74) is 2.75. The van der Waals surface area contributed by atoms with Crippen LogP contribution in [0.1, 0.15) is 6.92 Å². The Morgan fingerprint density at radius 1 is 0.285 bits per heavy atom. The molecule has 0 fully saturated rings. The molecule has 16 aromatic carbocycles. The maximum absolute atomic E-state index is 13.4. The van der Waals surface area contributed by atoms with Gasteiger partial charge in [0.15, 0.2) is 0 Å². The average Bonchev–Trinajstić information content (AvgIpc) is 0.773. The number of phenols is 5. The Labute approximate surface area is 823 Å². The van der Waals surface area contributed by atoms with Crippen LogP contribution < -0.4 is 23.6 Å². The number of thioether (sulfide) groups is 5. The van der Waals surface area contributed by atoms with E-state index >= 15 is 0 Å². The summed E-state index contributed by atoms with van der Waals surface area (Å²) in [4.78, 5) is 56.8. The van der Waals surface area contributed by atoms with Crippen molar-refractivity contribution < 1.29 is 112 Å². The number of nitrogens with one attached hydrogen (secondary N) is 5. The zero-order valence-electron chi connectivity index (χ0n) is 71.3. The minimum Gasteiger partial charge on any atom is -0.506 e. The predicted molar refractivity (Wildman–Crippen MR) is 549 cm³/mol. The van der Waals surface area contributed by atoms with Gasteiger partial charge >= 0.3 is 23.9 Å². The summed E-state index contributed by atoms with van der Waals surface area (Å²) in [5, 5.41) is 94.5. The van der Waals surface area contributed by atoms with Crippen LogP contribution >= 0.6 is 90.7 Å². The number of anilines is 5. The summed E-state index contributed by atoms with van der Waals surface area (Å²) in [6, 6.07) is 82.5. The maximum Gasteiger partial charge on any atom is 0.313 e. The van der Waals surface area contributed by atoms with E-state index in [-0.39, 0.29) is 115 Å². The molecule has 706 valence electrons. The summed E-state index contributed by atoms with van der Waals surface area (Å²) >= 11 is 11.4. The van der Waals surface area contributed by atoms with Gasteiger partial charge in [-0.1, -0.05) is 234 Å². The first-order valence-corrected chi connectivity index (χ1v) is 54.4. The summed E-state index contributed by atoms with van der Waals surface area (Å²) in [6.07, 6.45) is 1.03. The fourth-order valence-electron chi connectivity index (χ4n) is 13.6. The van der Waals surface area contributed by atoms with Crippen LogP contribution in [-0.4, -0.2) is 153 Å². The largest absolute Gasteiger partial charge is 0.506 e. The average molecular weight is 2170 g/mol. The number of fused-ring (bicyclic) bond motifs is 6. The van der Waals surface area contributed by atoms with E-state index in [2.05, 4.69) is 55.5 Å². The zero-order valence-corrected chi connectivity index (χ0v) is 82.6. The first-order valence-electron chi connectivity index (χ1n) is 40.0. The first-order chi connectivity index (χ1) is 65.1. The van der Waals surface area contributed by atoms with Gasteiger partial charge in [0.2, 0.25) is 10.0 Å². The number of rotatable bonds is 30. The molecule has 0 saturated heterocycles. The van der Waals surface area contributed by atoms with Crippen molar-refractivity contribution in [1.29, 1.82) is 0 Å². The van der Waals surface area contributed by atoms with Crippen LogP contribution in [0.25, 0.3) is 75.8 Å². The van der Waals surface area contributed by atoms with Gasteiger partial charge in [-0.25, -0.2) is 42.1 Å². The van der Waals surface area contributed by atoms with Crippen LogP contribution in [0.4, 0.5) is 28.4 Å². The number of phenolic OH excluding ortho intramolecular Hbond substituents is 5. The Morgan fingerprint density at radius 3 is 0.927 bits per heavy atom. The Morgan fingerprint density at radius 2 is 0.577 bits per heavy atom. The van der Waals surface area contributed by atoms with Crippen LogP contribution in [0, 0.1) is 0 Å². The molecule has 16 rings (SSSR count). The third kappa shape index (κ3) is 26.7.